The highest BCUT2D eigenvalue weighted by molar-refractivity contribution is 5.77. The maximum atomic E-state index is 11.9. The van der Waals surface area contributed by atoms with Crippen LogP contribution >= 0.6 is 0 Å². The van der Waals surface area contributed by atoms with Crippen molar-refractivity contribution >= 4 is 5.91 Å². The molecule has 17 heavy (non-hydrogen) atoms. The number of hydrogen-bond acceptors (Lipinski definition) is 2. The molecule has 0 aromatic rings. The van der Waals surface area contributed by atoms with Crippen LogP contribution in [0.15, 0.2) is 0 Å². The zero-order valence-electron chi connectivity index (χ0n) is 11.1. The molecule has 0 atom stereocenters. The third-order valence-electron chi connectivity index (χ3n) is 4.09. The van der Waals surface area contributed by atoms with Gasteiger partial charge < -0.3 is 10.2 Å². The minimum Gasteiger partial charge on any atom is -0.344 e. The Morgan fingerprint density at radius 3 is 2.47 bits per heavy atom. The fourth-order valence-corrected chi connectivity index (χ4v) is 2.70. The van der Waals surface area contributed by atoms with Gasteiger partial charge in [-0.25, -0.2) is 0 Å². The van der Waals surface area contributed by atoms with E-state index in [1.54, 1.807) is 0 Å². The lowest BCUT2D eigenvalue weighted by atomic mass is 9.89. The van der Waals surface area contributed by atoms with E-state index in [9.17, 15) is 4.79 Å². The number of nitrogens with one attached hydrogen (secondary N) is 1. The van der Waals surface area contributed by atoms with E-state index in [0.29, 0.717) is 6.54 Å². The van der Waals surface area contributed by atoms with Crippen LogP contribution in [0.3, 0.4) is 0 Å². The van der Waals surface area contributed by atoms with Gasteiger partial charge in [0, 0.05) is 13.6 Å². The number of hydrogen-bond donors (Lipinski definition) is 1. The monoisotopic (exact) mass is 238 g/mol. The van der Waals surface area contributed by atoms with Crippen molar-refractivity contribution in [3.05, 3.63) is 0 Å². The van der Waals surface area contributed by atoms with Gasteiger partial charge in [-0.05, 0) is 44.1 Å². The Morgan fingerprint density at radius 2 is 1.82 bits per heavy atom. The molecule has 1 N–H and O–H groups in total. The predicted molar refractivity (Wildman–Crippen MR) is 69.8 cm³/mol. The molecule has 98 valence electrons. The molecule has 0 bridgehead atoms. The quantitative estimate of drug-likeness (QED) is 0.768. The van der Waals surface area contributed by atoms with Gasteiger partial charge in [-0.1, -0.05) is 19.3 Å². The van der Waals surface area contributed by atoms with Gasteiger partial charge in [-0.15, -0.1) is 0 Å². The van der Waals surface area contributed by atoms with Crippen molar-refractivity contribution in [1.29, 1.82) is 0 Å². The third kappa shape index (κ3) is 4.66. The fourth-order valence-electron chi connectivity index (χ4n) is 2.70. The van der Waals surface area contributed by atoms with E-state index in [2.05, 4.69) is 5.32 Å². The molecule has 2 aliphatic carbocycles. The molecular formula is C14H26N2O. The van der Waals surface area contributed by atoms with Crippen molar-refractivity contribution < 1.29 is 4.79 Å². The predicted octanol–water partition coefficient (Wildman–Crippen LogP) is 2.02. The van der Waals surface area contributed by atoms with Crippen LogP contribution in [-0.2, 0) is 4.79 Å². The lowest BCUT2D eigenvalue weighted by Gasteiger charge is -2.27. The fraction of sp³-hybridized carbons (Fsp3) is 0.929. The molecule has 3 heteroatoms. The highest BCUT2D eigenvalue weighted by Crippen LogP contribution is 2.27. The summed E-state index contributed by atoms with van der Waals surface area (Å²) in [6.07, 6.45) is 9.41. The number of carbonyl (C=O) groups excluding carboxylic acids is 1. The van der Waals surface area contributed by atoms with E-state index in [4.69, 9.17) is 0 Å². The van der Waals surface area contributed by atoms with E-state index in [1.165, 1.54) is 44.9 Å². The molecule has 2 fully saturated rings. The molecule has 2 saturated carbocycles. The molecule has 0 aromatic carbocycles. The van der Waals surface area contributed by atoms with Crippen LogP contribution in [0.5, 0.6) is 0 Å². The normalized spacial score (nSPS) is 21.5. The minimum atomic E-state index is 0.260. The molecule has 0 spiro atoms. The summed E-state index contributed by atoms with van der Waals surface area (Å²) >= 11 is 0. The smallest absolute Gasteiger partial charge is 0.236 e. The van der Waals surface area contributed by atoms with Crippen molar-refractivity contribution in [2.45, 2.75) is 44.9 Å². The molecular weight excluding hydrogens is 212 g/mol. The highest BCUT2D eigenvalue weighted by Gasteiger charge is 2.21. The first-order valence-corrected chi connectivity index (χ1v) is 7.20. The zero-order valence-corrected chi connectivity index (χ0v) is 11.1. The molecule has 2 rings (SSSR count). The Kier molecular flexibility index (Phi) is 4.84. The summed E-state index contributed by atoms with van der Waals surface area (Å²) in [5.74, 6) is 1.86. The number of rotatable bonds is 6. The second-order valence-corrected chi connectivity index (χ2v) is 5.85. The van der Waals surface area contributed by atoms with Gasteiger partial charge in [-0.2, -0.15) is 0 Å². The van der Waals surface area contributed by atoms with Crippen molar-refractivity contribution in [3.8, 4) is 0 Å². The molecule has 0 unspecified atom stereocenters. The summed E-state index contributed by atoms with van der Waals surface area (Å²) in [5.41, 5.74) is 0. The average molecular weight is 238 g/mol. The van der Waals surface area contributed by atoms with Gasteiger partial charge in [0.1, 0.15) is 0 Å². The molecule has 0 saturated heterocycles. The summed E-state index contributed by atoms with van der Waals surface area (Å²) in [4.78, 5) is 13.8. The summed E-state index contributed by atoms with van der Waals surface area (Å²) in [7, 11) is 1.95. The van der Waals surface area contributed by atoms with Crippen LogP contribution in [0, 0.1) is 11.8 Å². The number of carbonyl (C=O) groups is 1. The minimum absolute atomic E-state index is 0.260. The molecule has 0 heterocycles. The molecule has 0 aromatic heterocycles. The Labute approximate surface area is 105 Å². The van der Waals surface area contributed by atoms with Crippen LogP contribution < -0.4 is 5.32 Å². The Bertz CT molecular complexity index is 245. The van der Waals surface area contributed by atoms with Crippen LogP contribution in [-0.4, -0.2) is 37.5 Å². The summed E-state index contributed by atoms with van der Waals surface area (Å²) in [6, 6.07) is 0. The standard InChI is InChI=1S/C14H26N2O/c1-16(11-13-5-3-2-4-6-13)14(17)10-15-9-12-7-8-12/h12-13,15H,2-11H2,1H3. The second-order valence-electron chi connectivity index (χ2n) is 5.85. The highest BCUT2D eigenvalue weighted by atomic mass is 16.2. The third-order valence-corrected chi connectivity index (χ3v) is 4.09. The summed E-state index contributed by atoms with van der Waals surface area (Å²) in [5, 5.41) is 3.27. The Hall–Kier alpha value is -0.570. The number of nitrogens with zero attached hydrogens (tertiary/aromatic N) is 1. The van der Waals surface area contributed by atoms with E-state index < -0.39 is 0 Å². The van der Waals surface area contributed by atoms with Crippen molar-refractivity contribution in [1.82, 2.24) is 10.2 Å². The Morgan fingerprint density at radius 1 is 1.12 bits per heavy atom. The first-order valence-electron chi connectivity index (χ1n) is 7.20. The lowest BCUT2D eigenvalue weighted by molar-refractivity contribution is -0.129. The van der Waals surface area contributed by atoms with Gasteiger partial charge >= 0.3 is 0 Å². The van der Waals surface area contributed by atoms with Crippen LogP contribution in [0.4, 0.5) is 0 Å². The van der Waals surface area contributed by atoms with E-state index >= 15 is 0 Å². The topological polar surface area (TPSA) is 32.3 Å². The first-order chi connectivity index (χ1) is 8.25. The maximum absolute atomic E-state index is 11.9. The zero-order chi connectivity index (χ0) is 12.1. The lowest BCUT2D eigenvalue weighted by Crippen LogP contribution is -2.39. The van der Waals surface area contributed by atoms with Crippen molar-refractivity contribution in [2.75, 3.05) is 26.7 Å². The Balaban J connectivity index is 1.59. The van der Waals surface area contributed by atoms with E-state index in [-0.39, 0.29) is 5.91 Å². The number of amides is 1. The molecule has 1 amide bonds. The van der Waals surface area contributed by atoms with Crippen molar-refractivity contribution in [3.63, 3.8) is 0 Å². The molecule has 0 radical (unpaired) electrons. The van der Waals surface area contributed by atoms with Gasteiger partial charge in [0.25, 0.3) is 0 Å². The van der Waals surface area contributed by atoms with Crippen LogP contribution in [0.2, 0.25) is 0 Å². The van der Waals surface area contributed by atoms with E-state index in [0.717, 1.165) is 24.9 Å². The van der Waals surface area contributed by atoms with Gasteiger partial charge in [0.05, 0.1) is 6.54 Å². The maximum Gasteiger partial charge on any atom is 0.236 e. The molecule has 3 nitrogen and oxygen atoms in total. The van der Waals surface area contributed by atoms with Crippen LogP contribution in [0.25, 0.3) is 0 Å². The van der Waals surface area contributed by atoms with E-state index in [1.807, 2.05) is 11.9 Å². The second kappa shape index (κ2) is 6.39. The van der Waals surface area contributed by atoms with Gasteiger partial charge in [0.2, 0.25) is 5.91 Å². The first kappa shape index (κ1) is 12.9. The van der Waals surface area contributed by atoms with Gasteiger partial charge in [0.15, 0.2) is 0 Å². The number of likely N-dealkylation sites (N-methyl/N-ethyl adjacent to an activating group) is 1. The molecule has 2 aliphatic rings. The average Bonchev–Trinajstić information content (AvgIpc) is 3.14. The largest absolute Gasteiger partial charge is 0.344 e. The summed E-state index contributed by atoms with van der Waals surface area (Å²) < 4.78 is 0. The SMILES string of the molecule is CN(CC1CCCCC1)C(=O)CNCC1CC1. The van der Waals surface area contributed by atoms with Gasteiger partial charge in [-0.3, -0.25) is 4.79 Å². The van der Waals surface area contributed by atoms with Crippen molar-refractivity contribution in [2.24, 2.45) is 11.8 Å². The molecule has 0 aliphatic heterocycles. The summed E-state index contributed by atoms with van der Waals surface area (Å²) in [6.45, 7) is 2.52. The van der Waals surface area contributed by atoms with Crippen LogP contribution in [0.1, 0.15) is 44.9 Å².